The van der Waals surface area contributed by atoms with Gasteiger partial charge < -0.3 is 0 Å². The number of allylic oxidation sites excluding steroid dienone is 3. The lowest BCUT2D eigenvalue weighted by atomic mass is 9.92. The van der Waals surface area contributed by atoms with Gasteiger partial charge in [0.1, 0.15) is 0 Å². The van der Waals surface area contributed by atoms with Crippen LogP contribution in [0.25, 0.3) is 0 Å². The number of hydrogen-bond donors (Lipinski definition) is 0. The van der Waals surface area contributed by atoms with E-state index in [9.17, 15) is 4.79 Å². The van der Waals surface area contributed by atoms with E-state index in [4.69, 9.17) is 0 Å². The van der Waals surface area contributed by atoms with Gasteiger partial charge in [0.2, 0.25) is 0 Å². The first-order valence-corrected chi connectivity index (χ1v) is 4.25. The number of ketones is 1. The Morgan fingerprint density at radius 1 is 1.17 bits per heavy atom. The standard InChI is InChI=1S/C11H18O/c1-7(2)10(8(3)4)11(12)9(5)6/h7H,5H2,1-4,6H3. The van der Waals surface area contributed by atoms with Crippen LogP contribution in [0.2, 0.25) is 0 Å². The van der Waals surface area contributed by atoms with Crippen LogP contribution in [0, 0.1) is 5.92 Å². The molecule has 0 aliphatic carbocycles. The molecule has 0 spiro atoms. The van der Waals surface area contributed by atoms with Crippen LogP contribution in [-0.2, 0) is 4.79 Å². The summed E-state index contributed by atoms with van der Waals surface area (Å²) in [6.07, 6.45) is 0. The molecule has 0 amide bonds. The summed E-state index contributed by atoms with van der Waals surface area (Å²) in [5, 5.41) is 0. The molecule has 0 rings (SSSR count). The third-order valence-corrected chi connectivity index (χ3v) is 1.75. The molecule has 12 heavy (non-hydrogen) atoms. The Bertz CT molecular complexity index is 227. The van der Waals surface area contributed by atoms with Crippen molar-refractivity contribution in [3.8, 4) is 0 Å². The minimum Gasteiger partial charge on any atom is -0.289 e. The van der Waals surface area contributed by atoms with E-state index in [0.29, 0.717) is 11.5 Å². The molecule has 0 aromatic carbocycles. The summed E-state index contributed by atoms with van der Waals surface area (Å²) in [7, 11) is 0. The van der Waals surface area contributed by atoms with E-state index < -0.39 is 0 Å². The van der Waals surface area contributed by atoms with Crippen molar-refractivity contribution < 1.29 is 4.79 Å². The largest absolute Gasteiger partial charge is 0.289 e. The van der Waals surface area contributed by atoms with E-state index in [1.54, 1.807) is 6.92 Å². The topological polar surface area (TPSA) is 17.1 Å². The zero-order chi connectivity index (χ0) is 9.89. The molecule has 0 fully saturated rings. The molecule has 0 aromatic rings. The zero-order valence-electron chi connectivity index (χ0n) is 8.69. The lowest BCUT2D eigenvalue weighted by Gasteiger charge is -2.12. The lowest BCUT2D eigenvalue weighted by molar-refractivity contribution is -0.112. The second kappa shape index (κ2) is 4.24. The second-order valence-electron chi connectivity index (χ2n) is 3.68. The highest BCUT2D eigenvalue weighted by Crippen LogP contribution is 2.18. The molecule has 0 saturated carbocycles. The van der Waals surface area contributed by atoms with E-state index in [2.05, 4.69) is 6.58 Å². The third-order valence-electron chi connectivity index (χ3n) is 1.75. The molecular formula is C11H18O. The second-order valence-corrected chi connectivity index (χ2v) is 3.68. The van der Waals surface area contributed by atoms with Gasteiger partial charge in [0.15, 0.2) is 5.78 Å². The molecule has 0 heterocycles. The maximum atomic E-state index is 11.6. The Morgan fingerprint density at radius 2 is 1.58 bits per heavy atom. The summed E-state index contributed by atoms with van der Waals surface area (Å²) in [5.74, 6) is 0.393. The van der Waals surface area contributed by atoms with Gasteiger partial charge in [-0.1, -0.05) is 26.0 Å². The van der Waals surface area contributed by atoms with Crippen LogP contribution in [0.15, 0.2) is 23.3 Å². The number of carbonyl (C=O) groups excluding carboxylic acids is 1. The van der Waals surface area contributed by atoms with Crippen LogP contribution < -0.4 is 0 Å². The first kappa shape index (κ1) is 11.2. The van der Waals surface area contributed by atoms with Gasteiger partial charge in [0, 0.05) is 5.57 Å². The summed E-state index contributed by atoms with van der Waals surface area (Å²) in [4.78, 5) is 11.6. The average Bonchev–Trinajstić information content (AvgIpc) is 1.85. The molecule has 0 N–H and O–H groups in total. The van der Waals surface area contributed by atoms with Crippen LogP contribution in [0.4, 0.5) is 0 Å². The fourth-order valence-corrected chi connectivity index (χ4v) is 1.30. The zero-order valence-corrected chi connectivity index (χ0v) is 8.69. The summed E-state index contributed by atoms with van der Waals surface area (Å²) >= 11 is 0. The molecule has 0 unspecified atom stereocenters. The molecule has 0 bridgehead atoms. The fourth-order valence-electron chi connectivity index (χ4n) is 1.30. The van der Waals surface area contributed by atoms with Crippen molar-refractivity contribution in [2.75, 3.05) is 0 Å². The number of Topliss-reactive ketones (excluding diaryl/α,β-unsaturated/α-hetero) is 1. The molecule has 0 aliphatic rings. The minimum absolute atomic E-state index is 0.102. The molecule has 0 aromatic heterocycles. The molecule has 0 aliphatic heterocycles. The Labute approximate surface area is 75.2 Å². The van der Waals surface area contributed by atoms with Crippen molar-refractivity contribution in [1.82, 2.24) is 0 Å². The van der Waals surface area contributed by atoms with Gasteiger partial charge in [-0.15, -0.1) is 0 Å². The molecular weight excluding hydrogens is 148 g/mol. The summed E-state index contributed by atoms with van der Waals surface area (Å²) in [5.41, 5.74) is 2.63. The van der Waals surface area contributed by atoms with E-state index in [1.165, 1.54) is 0 Å². The van der Waals surface area contributed by atoms with Gasteiger partial charge >= 0.3 is 0 Å². The highest BCUT2D eigenvalue weighted by molar-refractivity contribution is 6.08. The van der Waals surface area contributed by atoms with E-state index in [1.807, 2.05) is 27.7 Å². The normalized spacial score (nSPS) is 9.83. The van der Waals surface area contributed by atoms with Crippen molar-refractivity contribution in [2.45, 2.75) is 34.6 Å². The maximum Gasteiger partial charge on any atom is 0.184 e. The van der Waals surface area contributed by atoms with Crippen LogP contribution in [0.3, 0.4) is 0 Å². The maximum absolute atomic E-state index is 11.6. The predicted octanol–water partition coefficient (Wildman–Crippen LogP) is 3.12. The number of rotatable bonds is 3. The van der Waals surface area contributed by atoms with Gasteiger partial charge in [-0.05, 0) is 32.3 Å². The van der Waals surface area contributed by atoms with E-state index >= 15 is 0 Å². The monoisotopic (exact) mass is 166 g/mol. The molecule has 0 radical (unpaired) electrons. The molecule has 0 saturated heterocycles. The summed E-state index contributed by atoms with van der Waals surface area (Å²) < 4.78 is 0. The SMILES string of the molecule is C=C(C)C(=O)C(=C(C)C)C(C)C. The van der Waals surface area contributed by atoms with Crippen molar-refractivity contribution in [1.29, 1.82) is 0 Å². The average molecular weight is 166 g/mol. The van der Waals surface area contributed by atoms with Gasteiger partial charge in [0.25, 0.3) is 0 Å². The van der Waals surface area contributed by atoms with Crippen molar-refractivity contribution in [3.05, 3.63) is 23.3 Å². The van der Waals surface area contributed by atoms with Crippen LogP contribution in [-0.4, -0.2) is 5.78 Å². The van der Waals surface area contributed by atoms with Gasteiger partial charge in [-0.2, -0.15) is 0 Å². The predicted molar refractivity (Wildman–Crippen MR) is 53.0 cm³/mol. The smallest absolute Gasteiger partial charge is 0.184 e. The quantitative estimate of drug-likeness (QED) is 0.589. The molecule has 68 valence electrons. The first-order valence-electron chi connectivity index (χ1n) is 4.25. The van der Waals surface area contributed by atoms with E-state index in [-0.39, 0.29) is 5.78 Å². The van der Waals surface area contributed by atoms with Gasteiger partial charge in [-0.3, -0.25) is 4.79 Å². The van der Waals surface area contributed by atoms with Crippen LogP contribution in [0.5, 0.6) is 0 Å². The van der Waals surface area contributed by atoms with Crippen molar-refractivity contribution in [3.63, 3.8) is 0 Å². The Kier molecular flexibility index (Phi) is 3.94. The van der Waals surface area contributed by atoms with Crippen molar-refractivity contribution in [2.24, 2.45) is 5.92 Å². The minimum atomic E-state index is 0.102. The fraction of sp³-hybridized carbons (Fsp3) is 0.545. The summed E-state index contributed by atoms with van der Waals surface area (Å²) in [6, 6.07) is 0. The number of carbonyl (C=O) groups is 1. The molecule has 1 nitrogen and oxygen atoms in total. The Balaban J connectivity index is 4.92. The highest BCUT2D eigenvalue weighted by atomic mass is 16.1. The van der Waals surface area contributed by atoms with Gasteiger partial charge in [0.05, 0.1) is 0 Å². The molecule has 1 heteroatoms. The third kappa shape index (κ3) is 2.65. The first-order chi connectivity index (χ1) is 5.37. The highest BCUT2D eigenvalue weighted by Gasteiger charge is 2.14. The molecule has 0 atom stereocenters. The lowest BCUT2D eigenvalue weighted by Crippen LogP contribution is -2.10. The Hall–Kier alpha value is -0.850. The van der Waals surface area contributed by atoms with Crippen LogP contribution >= 0.6 is 0 Å². The summed E-state index contributed by atoms with van der Waals surface area (Å²) in [6.45, 7) is 13.4. The van der Waals surface area contributed by atoms with E-state index in [0.717, 1.165) is 11.1 Å². The van der Waals surface area contributed by atoms with Gasteiger partial charge in [-0.25, -0.2) is 0 Å². The van der Waals surface area contributed by atoms with Crippen LogP contribution in [0.1, 0.15) is 34.6 Å². The van der Waals surface area contributed by atoms with Crippen molar-refractivity contribution >= 4 is 5.78 Å². The Morgan fingerprint density at radius 3 is 1.67 bits per heavy atom. The number of hydrogen-bond acceptors (Lipinski definition) is 1.